The van der Waals surface area contributed by atoms with Crippen LogP contribution in [0.4, 0.5) is 5.69 Å². The van der Waals surface area contributed by atoms with E-state index >= 15 is 0 Å². The van der Waals surface area contributed by atoms with E-state index in [-0.39, 0.29) is 18.1 Å². The van der Waals surface area contributed by atoms with Crippen molar-refractivity contribution in [3.8, 4) is 11.4 Å². The van der Waals surface area contributed by atoms with Crippen molar-refractivity contribution in [3.63, 3.8) is 0 Å². The highest BCUT2D eigenvalue weighted by Gasteiger charge is 2.11. The van der Waals surface area contributed by atoms with Crippen molar-refractivity contribution in [1.29, 1.82) is 0 Å². The Morgan fingerprint density at radius 2 is 2.00 bits per heavy atom. The first kappa shape index (κ1) is 16.1. The number of aromatic nitrogens is 2. The van der Waals surface area contributed by atoms with Gasteiger partial charge in [-0.15, -0.1) is 0 Å². The Kier molecular flexibility index (Phi) is 4.81. The van der Waals surface area contributed by atoms with Crippen LogP contribution in [0.25, 0.3) is 11.4 Å². The molecule has 0 saturated heterocycles. The molecule has 0 spiro atoms. The van der Waals surface area contributed by atoms with E-state index in [0.29, 0.717) is 29.4 Å². The van der Waals surface area contributed by atoms with Gasteiger partial charge in [-0.25, -0.2) is 0 Å². The molecule has 7 heteroatoms. The van der Waals surface area contributed by atoms with E-state index in [9.17, 15) is 9.59 Å². The molecule has 0 aliphatic rings. The minimum atomic E-state index is -0.152. The third-order valence-electron chi connectivity index (χ3n) is 3.39. The molecular weight excluding hydrogens is 326 g/mol. The Hall–Kier alpha value is -2.80. The van der Waals surface area contributed by atoms with Crippen molar-refractivity contribution in [2.75, 3.05) is 5.32 Å². The second-order valence-corrected chi connectivity index (χ2v) is 5.99. The lowest BCUT2D eigenvalue weighted by Crippen LogP contribution is -2.12. The van der Waals surface area contributed by atoms with E-state index in [0.717, 1.165) is 5.56 Å². The van der Waals surface area contributed by atoms with Gasteiger partial charge in [-0.3, -0.25) is 9.59 Å². The fourth-order valence-electron chi connectivity index (χ4n) is 2.10. The highest BCUT2D eigenvalue weighted by atomic mass is 32.1. The molecule has 0 atom stereocenters. The van der Waals surface area contributed by atoms with Gasteiger partial charge in [0.25, 0.3) is 0 Å². The molecule has 3 rings (SSSR count). The summed E-state index contributed by atoms with van der Waals surface area (Å²) in [5.74, 6) is 0.802. The van der Waals surface area contributed by atoms with Gasteiger partial charge in [0.05, 0.1) is 0 Å². The number of carbonyl (C=O) groups excluding carboxylic acids is 2. The lowest BCUT2D eigenvalue weighted by Gasteiger charge is -2.04. The van der Waals surface area contributed by atoms with Crippen molar-refractivity contribution in [1.82, 2.24) is 10.1 Å². The van der Waals surface area contributed by atoms with Crippen LogP contribution in [0.5, 0.6) is 0 Å². The Morgan fingerprint density at radius 1 is 1.21 bits per heavy atom. The second kappa shape index (κ2) is 7.18. The first-order valence-electron chi connectivity index (χ1n) is 7.38. The molecule has 6 nitrogen and oxygen atoms in total. The second-order valence-electron chi connectivity index (χ2n) is 5.21. The summed E-state index contributed by atoms with van der Waals surface area (Å²) in [4.78, 5) is 27.5. The van der Waals surface area contributed by atoms with E-state index < -0.39 is 0 Å². The highest BCUT2D eigenvalue weighted by molar-refractivity contribution is 7.08. The molecule has 1 N–H and O–H groups in total. The number of hydrogen-bond acceptors (Lipinski definition) is 6. The predicted molar refractivity (Wildman–Crippen MR) is 91.0 cm³/mol. The zero-order valence-corrected chi connectivity index (χ0v) is 13.8. The Balaban J connectivity index is 1.53. The molecule has 3 aromatic rings. The SMILES string of the molecule is CC(=O)c1ccc(NC(=O)CCc2nc(-c3ccsc3)no2)cc1. The summed E-state index contributed by atoms with van der Waals surface area (Å²) in [6.45, 7) is 1.50. The number of benzene rings is 1. The monoisotopic (exact) mass is 341 g/mol. The summed E-state index contributed by atoms with van der Waals surface area (Å²) in [5.41, 5.74) is 2.17. The van der Waals surface area contributed by atoms with E-state index in [2.05, 4.69) is 15.5 Å². The van der Waals surface area contributed by atoms with Gasteiger partial charge in [-0.05, 0) is 42.6 Å². The van der Waals surface area contributed by atoms with E-state index in [4.69, 9.17) is 4.52 Å². The fraction of sp³-hybridized carbons (Fsp3) is 0.176. The first-order chi connectivity index (χ1) is 11.6. The van der Waals surface area contributed by atoms with Crippen LogP contribution in [0.3, 0.4) is 0 Å². The van der Waals surface area contributed by atoms with Gasteiger partial charge in [0, 0.05) is 35.0 Å². The fourth-order valence-corrected chi connectivity index (χ4v) is 2.73. The Labute approximate surface area is 142 Å². The maximum Gasteiger partial charge on any atom is 0.227 e. The summed E-state index contributed by atoms with van der Waals surface area (Å²) in [5, 5.41) is 10.6. The highest BCUT2D eigenvalue weighted by Crippen LogP contribution is 2.19. The summed E-state index contributed by atoms with van der Waals surface area (Å²) < 4.78 is 5.16. The van der Waals surface area contributed by atoms with Crippen LogP contribution in [0.2, 0.25) is 0 Å². The summed E-state index contributed by atoms with van der Waals surface area (Å²) in [7, 11) is 0. The number of nitrogens with one attached hydrogen (secondary N) is 1. The molecule has 1 aromatic carbocycles. The van der Waals surface area contributed by atoms with Crippen LogP contribution in [-0.2, 0) is 11.2 Å². The first-order valence-corrected chi connectivity index (χ1v) is 8.32. The lowest BCUT2D eigenvalue weighted by atomic mass is 10.1. The molecular formula is C17H15N3O3S. The molecule has 0 unspecified atom stereocenters. The summed E-state index contributed by atoms with van der Waals surface area (Å²) in [6, 6.07) is 8.69. The zero-order chi connectivity index (χ0) is 16.9. The number of Topliss-reactive ketones (excluding diaryl/α,β-unsaturated/α-hetero) is 1. The molecule has 0 fully saturated rings. The number of aryl methyl sites for hydroxylation is 1. The van der Waals surface area contributed by atoms with Crippen molar-refractivity contribution >= 4 is 28.7 Å². The molecule has 0 saturated carbocycles. The average Bonchev–Trinajstić information content (AvgIpc) is 3.25. The van der Waals surface area contributed by atoms with E-state index in [1.54, 1.807) is 35.6 Å². The summed E-state index contributed by atoms with van der Waals surface area (Å²) in [6.07, 6.45) is 0.605. The van der Waals surface area contributed by atoms with Crippen molar-refractivity contribution in [2.45, 2.75) is 19.8 Å². The van der Waals surface area contributed by atoms with E-state index in [1.165, 1.54) is 6.92 Å². The summed E-state index contributed by atoms with van der Waals surface area (Å²) >= 11 is 1.56. The number of ketones is 1. The average molecular weight is 341 g/mol. The third-order valence-corrected chi connectivity index (χ3v) is 4.07. The van der Waals surface area contributed by atoms with Crippen LogP contribution in [-0.4, -0.2) is 21.8 Å². The normalized spacial score (nSPS) is 10.5. The smallest absolute Gasteiger partial charge is 0.227 e. The van der Waals surface area contributed by atoms with Gasteiger partial charge in [0.15, 0.2) is 5.78 Å². The number of nitrogens with zero attached hydrogens (tertiary/aromatic N) is 2. The maximum absolute atomic E-state index is 12.0. The van der Waals surface area contributed by atoms with Crippen LogP contribution < -0.4 is 5.32 Å². The lowest BCUT2D eigenvalue weighted by molar-refractivity contribution is -0.116. The minimum Gasteiger partial charge on any atom is -0.339 e. The Bertz CT molecular complexity index is 838. The van der Waals surface area contributed by atoms with Crippen molar-refractivity contribution in [2.24, 2.45) is 0 Å². The third kappa shape index (κ3) is 3.94. The van der Waals surface area contributed by atoms with Crippen LogP contribution in [0.15, 0.2) is 45.6 Å². The topological polar surface area (TPSA) is 85.1 Å². The van der Waals surface area contributed by atoms with Gasteiger partial charge < -0.3 is 9.84 Å². The molecule has 0 aliphatic carbocycles. The molecule has 2 heterocycles. The van der Waals surface area contributed by atoms with Crippen LogP contribution in [0.1, 0.15) is 29.6 Å². The molecule has 122 valence electrons. The standard InChI is InChI=1S/C17H15N3O3S/c1-11(21)12-2-4-14(5-3-12)18-15(22)6-7-16-19-17(20-23-16)13-8-9-24-10-13/h2-5,8-10H,6-7H2,1H3,(H,18,22). The van der Waals surface area contributed by atoms with Crippen LogP contribution >= 0.6 is 11.3 Å². The van der Waals surface area contributed by atoms with E-state index in [1.807, 2.05) is 16.8 Å². The molecule has 0 bridgehead atoms. The number of anilines is 1. The van der Waals surface area contributed by atoms with Gasteiger partial charge in [-0.1, -0.05) is 5.16 Å². The van der Waals surface area contributed by atoms with Crippen molar-refractivity contribution in [3.05, 3.63) is 52.5 Å². The van der Waals surface area contributed by atoms with Gasteiger partial charge in [0.1, 0.15) is 0 Å². The maximum atomic E-state index is 12.0. The van der Waals surface area contributed by atoms with Gasteiger partial charge in [0.2, 0.25) is 17.6 Å². The molecule has 0 radical (unpaired) electrons. The molecule has 24 heavy (non-hydrogen) atoms. The predicted octanol–water partition coefficient (Wildman–Crippen LogP) is 3.57. The number of amides is 1. The van der Waals surface area contributed by atoms with Gasteiger partial charge in [-0.2, -0.15) is 16.3 Å². The largest absolute Gasteiger partial charge is 0.339 e. The quantitative estimate of drug-likeness (QED) is 0.693. The molecule has 1 amide bonds. The number of thiophene rings is 1. The molecule has 0 aliphatic heterocycles. The zero-order valence-electron chi connectivity index (χ0n) is 13.0. The van der Waals surface area contributed by atoms with Gasteiger partial charge >= 0.3 is 0 Å². The Morgan fingerprint density at radius 3 is 2.67 bits per heavy atom. The minimum absolute atomic E-state index is 0.00861. The van der Waals surface area contributed by atoms with Crippen LogP contribution in [0, 0.1) is 0 Å². The number of hydrogen-bond donors (Lipinski definition) is 1. The number of rotatable bonds is 6. The number of carbonyl (C=O) groups is 2. The molecule has 2 aromatic heterocycles. The van der Waals surface area contributed by atoms with Crippen molar-refractivity contribution < 1.29 is 14.1 Å².